The van der Waals surface area contributed by atoms with Gasteiger partial charge in [-0.15, -0.1) is 11.3 Å². The molecule has 0 spiro atoms. The van der Waals surface area contributed by atoms with Crippen LogP contribution in [0.15, 0.2) is 36.5 Å². The van der Waals surface area contributed by atoms with Gasteiger partial charge in [0, 0.05) is 18.7 Å². The third-order valence-electron chi connectivity index (χ3n) is 3.21. The molecule has 1 atom stereocenters. The minimum Gasteiger partial charge on any atom is -0.458 e. The first-order valence-corrected chi connectivity index (χ1v) is 8.23. The molecule has 0 saturated carbocycles. The standard InChI is InChI=1S/C17H20N2O3S/c1-11(2)15(19-12(3)20)17(21)22-10-14-9-18-16(23-14)13-7-5-4-6-8-13/h4-9,11,15H,10H2,1-3H3,(H,19,20)/t15-/m1/s1. The Balaban J connectivity index is 1.96. The first kappa shape index (κ1) is 17.1. The summed E-state index contributed by atoms with van der Waals surface area (Å²) in [6.07, 6.45) is 1.71. The zero-order valence-corrected chi connectivity index (χ0v) is 14.2. The Hall–Kier alpha value is -2.21. The molecule has 2 aromatic rings. The van der Waals surface area contributed by atoms with E-state index in [4.69, 9.17) is 4.74 Å². The van der Waals surface area contributed by atoms with Crippen LogP contribution in [0.25, 0.3) is 10.6 Å². The van der Waals surface area contributed by atoms with E-state index in [2.05, 4.69) is 10.3 Å². The van der Waals surface area contributed by atoms with Gasteiger partial charge < -0.3 is 10.1 Å². The zero-order valence-electron chi connectivity index (χ0n) is 13.4. The molecule has 6 heteroatoms. The van der Waals surface area contributed by atoms with E-state index in [0.717, 1.165) is 15.4 Å². The Kier molecular flexibility index (Phi) is 5.87. The van der Waals surface area contributed by atoms with Crippen LogP contribution >= 0.6 is 11.3 Å². The summed E-state index contributed by atoms with van der Waals surface area (Å²) in [7, 11) is 0. The zero-order chi connectivity index (χ0) is 16.8. The fraction of sp³-hybridized carbons (Fsp3) is 0.353. The number of aromatic nitrogens is 1. The van der Waals surface area contributed by atoms with Crippen molar-refractivity contribution in [1.82, 2.24) is 10.3 Å². The topological polar surface area (TPSA) is 68.3 Å². The highest BCUT2D eigenvalue weighted by molar-refractivity contribution is 7.15. The number of thiazole rings is 1. The van der Waals surface area contributed by atoms with Crippen molar-refractivity contribution in [2.45, 2.75) is 33.4 Å². The molecule has 1 amide bonds. The van der Waals surface area contributed by atoms with Gasteiger partial charge in [-0.3, -0.25) is 4.79 Å². The van der Waals surface area contributed by atoms with Crippen molar-refractivity contribution in [2.24, 2.45) is 5.92 Å². The van der Waals surface area contributed by atoms with Gasteiger partial charge in [0.25, 0.3) is 0 Å². The summed E-state index contributed by atoms with van der Waals surface area (Å²) >= 11 is 1.49. The van der Waals surface area contributed by atoms with E-state index >= 15 is 0 Å². The summed E-state index contributed by atoms with van der Waals surface area (Å²) in [4.78, 5) is 28.5. The van der Waals surface area contributed by atoms with Gasteiger partial charge in [0.15, 0.2) is 0 Å². The maximum absolute atomic E-state index is 12.1. The number of ether oxygens (including phenoxy) is 1. The lowest BCUT2D eigenvalue weighted by Gasteiger charge is -2.19. The van der Waals surface area contributed by atoms with Crippen LogP contribution in [-0.2, 0) is 20.9 Å². The van der Waals surface area contributed by atoms with Gasteiger partial charge in [-0.25, -0.2) is 9.78 Å². The Morgan fingerprint density at radius 1 is 1.26 bits per heavy atom. The molecule has 0 aliphatic rings. The summed E-state index contributed by atoms with van der Waals surface area (Å²) in [6, 6.07) is 9.21. The normalized spacial score (nSPS) is 12.0. The van der Waals surface area contributed by atoms with Gasteiger partial charge in [-0.2, -0.15) is 0 Å². The molecule has 1 heterocycles. The quantitative estimate of drug-likeness (QED) is 0.826. The highest BCUT2D eigenvalue weighted by Gasteiger charge is 2.24. The molecule has 1 aromatic heterocycles. The molecular weight excluding hydrogens is 312 g/mol. The maximum Gasteiger partial charge on any atom is 0.329 e. The number of benzene rings is 1. The monoisotopic (exact) mass is 332 g/mol. The minimum absolute atomic E-state index is 0.0345. The van der Waals surface area contributed by atoms with Crippen LogP contribution in [0.3, 0.4) is 0 Å². The molecule has 0 radical (unpaired) electrons. The lowest BCUT2D eigenvalue weighted by molar-refractivity contribution is -0.150. The van der Waals surface area contributed by atoms with Crippen molar-refractivity contribution in [3.8, 4) is 10.6 Å². The van der Waals surface area contributed by atoms with E-state index in [1.54, 1.807) is 6.20 Å². The summed E-state index contributed by atoms with van der Waals surface area (Å²) in [5, 5.41) is 3.51. The number of carbonyl (C=O) groups excluding carboxylic acids is 2. The van der Waals surface area contributed by atoms with E-state index in [9.17, 15) is 9.59 Å². The molecule has 0 saturated heterocycles. The predicted molar refractivity (Wildman–Crippen MR) is 89.8 cm³/mol. The Bertz CT molecular complexity index is 667. The highest BCUT2D eigenvalue weighted by Crippen LogP contribution is 2.25. The lowest BCUT2D eigenvalue weighted by Crippen LogP contribution is -2.44. The van der Waals surface area contributed by atoms with Crippen molar-refractivity contribution in [3.63, 3.8) is 0 Å². The molecule has 1 aromatic carbocycles. The second kappa shape index (κ2) is 7.87. The van der Waals surface area contributed by atoms with Gasteiger partial charge in [-0.05, 0) is 5.92 Å². The summed E-state index contributed by atoms with van der Waals surface area (Å²) in [6.45, 7) is 5.27. The first-order valence-electron chi connectivity index (χ1n) is 7.41. The van der Waals surface area contributed by atoms with E-state index in [1.165, 1.54) is 18.3 Å². The van der Waals surface area contributed by atoms with Crippen molar-refractivity contribution >= 4 is 23.2 Å². The average Bonchev–Trinajstić information content (AvgIpc) is 2.99. The third kappa shape index (κ3) is 4.89. The molecule has 23 heavy (non-hydrogen) atoms. The van der Waals surface area contributed by atoms with Crippen LogP contribution in [0.5, 0.6) is 0 Å². The molecule has 0 fully saturated rings. The number of esters is 1. The van der Waals surface area contributed by atoms with E-state index in [1.807, 2.05) is 44.2 Å². The number of nitrogens with zero attached hydrogens (tertiary/aromatic N) is 1. The highest BCUT2D eigenvalue weighted by atomic mass is 32.1. The van der Waals surface area contributed by atoms with Crippen LogP contribution in [0.1, 0.15) is 25.6 Å². The Labute approximate surface area is 139 Å². The van der Waals surface area contributed by atoms with E-state index in [0.29, 0.717) is 0 Å². The predicted octanol–water partition coefficient (Wildman–Crippen LogP) is 3.01. The molecule has 1 N–H and O–H groups in total. The summed E-state index contributed by atoms with van der Waals surface area (Å²) < 4.78 is 5.32. The molecular formula is C17H20N2O3S. The number of nitrogens with one attached hydrogen (secondary N) is 1. The number of amides is 1. The third-order valence-corrected chi connectivity index (χ3v) is 4.23. The van der Waals surface area contributed by atoms with Gasteiger partial charge in [0.05, 0.1) is 4.88 Å². The molecule has 2 rings (SSSR count). The number of hydrogen-bond acceptors (Lipinski definition) is 5. The molecule has 0 unspecified atom stereocenters. The van der Waals surface area contributed by atoms with Crippen LogP contribution in [0, 0.1) is 5.92 Å². The smallest absolute Gasteiger partial charge is 0.329 e. The number of carbonyl (C=O) groups is 2. The van der Waals surface area contributed by atoms with Crippen LogP contribution in [-0.4, -0.2) is 22.9 Å². The van der Waals surface area contributed by atoms with Crippen molar-refractivity contribution in [3.05, 3.63) is 41.4 Å². The second-order valence-corrected chi connectivity index (χ2v) is 6.64. The Morgan fingerprint density at radius 2 is 1.96 bits per heavy atom. The average molecular weight is 332 g/mol. The maximum atomic E-state index is 12.1. The SMILES string of the molecule is CC(=O)N[C@@H](C(=O)OCc1cnc(-c2ccccc2)s1)C(C)C. The van der Waals surface area contributed by atoms with E-state index in [-0.39, 0.29) is 18.4 Å². The summed E-state index contributed by atoms with van der Waals surface area (Å²) in [5.74, 6) is -0.706. The lowest BCUT2D eigenvalue weighted by atomic mass is 10.0. The van der Waals surface area contributed by atoms with Gasteiger partial charge in [-0.1, -0.05) is 44.2 Å². The molecule has 5 nitrogen and oxygen atoms in total. The van der Waals surface area contributed by atoms with Crippen LogP contribution in [0.4, 0.5) is 0 Å². The molecule has 0 aliphatic heterocycles. The van der Waals surface area contributed by atoms with Crippen molar-refractivity contribution < 1.29 is 14.3 Å². The largest absolute Gasteiger partial charge is 0.458 e. The number of hydrogen-bond donors (Lipinski definition) is 1. The Morgan fingerprint density at radius 3 is 2.57 bits per heavy atom. The first-order chi connectivity index (χ1) is 11.0. The van der Waals surface area contributed by atoms with Crippen LogP contribution < -0.4 is 5.32 Å². The van der Waals surface area contributed by atoms with E-state index < -0.39 is 12.0 Å². The fourth-order valence-corrected chi connectivity index (χ4v) is 2.87. The van der Waals surface area contributed by atoms with Crippen LogP contribution in [0.2, 0.25) is 0 Å². The summed E-state index contributed by atoms with van der Waals surface area (Å²) in [5.41, 5.74) is 1.04. The van der Waals surface area contributed by atoms with Gasteiger partial charge in [0.1, 0.15) is 17.7 Å². The fourth-order valence-electron chi connectivity index (χ4n) is 2.04. The molecule has 0 bridgehead atoms. The van der Waals surface area contributed by atoms with Crippen molar-refractivity contribution in [1.29, 1.82) is 0 Å². The minimum atomic E-state index is -0.631. The van der Waals surface area contributed by atoms with Gasteiger partial charge in [0.2, 0.25) is 5.91 Å². The molecule has 122 valence electrons. The second-order valence-electron chi connectivity index (χ2n) is 5.53. The number of rotatable bonds is 6. The van der Waals surface area contributed by atoms with Crippen molar-refractivity contribution in [2.75, 3.05) is 0 Å². The molecule has 0 aliphatic carbocycles. The van der Waals surface area contributed by atoms with Gasteiger partial charge >= 0.3 is 5.97 Å².